The third-order valence-electron chi connectivity index (χ3n) is 5.19. The van der Waals surface area contributed by atoms with E-state index < -0.39 is 0 Å². The first-order valence-electron chi connectivity index (χ1n) is 10.0. The second kappa shape index (κ2) is 8.37. The third kappa shape index (κ3) is 4.46. The van der Waals surface area contributed by atoms with Crippen LogP contribution in [0.25, 0.3) is 22.4 Å². The predicted molar refractivity (Wildman–Crippen MR) is 129 cm³/mol. The van der Waals surface area contributed by atoms with Crippen LogP contribution in [0.3, 0.4) is 0 Å². The summed E-state index contributed by atoms with van der Waals surface area (Å²) in [6, 6.07) is 21.3. The Morgan fingerprint density at radius 3 is 2.39 bits per heavy atom. The summed E-state index contributed by atoms with van der Waals surface area (Å²) in [5, 5.41) is 3.58. The van der Waals surface area contributed by atoms with E-state index in [1.54, 1.807) is 18.2 Å². The molecule has 3 aromatic carbocycles. The van der Waals surface area contributed by atoms with Crippen LogP contribution < -0.4 is 5.32 Å². The van der Waals surface area contributed by atoms with Gasteiger partial charge in [0, 0.05) is 5.56 Å². The van der Waals surface area contributed by atoms with Gasteiger partial charge in [0.05, 0.1) is 26.8 Å². The maximum atomic E-state index is 12.9. The zero-order valence-electron chi connectivity index (χ0n) is 17.6. The molecule has 6 heteroatoms. The molecule has 0 bridgehead atoms. The van der Waals surface area contributed by atoms with Crippen molar-refractivity contribution < 1.29 is 4.79 Å². The average molecular weight is 452 g/mol. The molecule has 1 N–H and O–H groups in total. The number of aromatic nitrogens is 2. The van der Waals surface area contributed by atoms with Gasteiger partial charge in [-0.3, -0.25) is 4.79 Å². The summed E-state index contributed by atoms with van der Waals surface area (Å²) in [5.41, 5.74) is 4.48. The van der Waals surface area contributed by atoms with E-state index in [9.17, 15) is 4.79 Å². The predicted octanol–water partition coefficient (Wildman–Crippen LogP) is 6.95. The Hall–Kier alpha value is -2.82. The van der Waals surface area contributed by atoms with Crippen molar-refractivity contribution in [1.82, 2.24) is 9.55 Å². The number of carbonyl (C=O) groups excluding carboxylic acids is 1. The number of hydrogen-bond acceptors (Lipinski definition) is 2. The number of fused-ring (bicyclic) bond motifs is 1. The van der Waals surface area contributed by atoms with Crippen molar-refractivity contribution in [3.05, 3.63) is 82.3 Å². The first kappa shape index (κ1) is 21.4. The highest BCUT2D eigenvalue weighted by molar-refractivity contribution is 6.44. The largest absolute Gasteiger partial charge is 0.323 e. The number of rotatable bonds is 4. The second-order valence-electron chi connectivity index (χ2n) is 8.49. The van der Waals surface area contributed by atoms with Crippen LogP contribution in [0.4, 0.5) is 5.69 Å². The number of carbonyl (C=O) groups is 1. The monoisotopic (exact) mass is 451 g/mol. The van der Waals surface area contributed by atoms with Gasteiger partial charge < -0.3 is 9.88 Å². The van der Waals surface area contributed by atoms with E-state index >= 15 is 0 Å². The van der Waals surface area contributed by atoms with E-state index in [-0.39, 0.29) is 17.9 Å². The molecule has 1 heterocycles. The number of imidazole rings is 1. The summed E-state index contributed by atoms with van der Waals surface area (Å²) in [7, 11) is 0. The SMILES string of the molecule is CC(C)(C)c1ccc(-c2nc3ccccc3n2CC(=O)Nc2cccc(Cl)c2Cl)cc1. The quantitative estimate of drug-likeness (QED) is 0.364. The van der Waals surface area contributed by atoms with Crippen LogP contribution in [0, 0.1) is 0 Å². The fraction of sp³-hybridized carbons (Fsp3) is 0.200. The van der Waals surface area contributed by atoms with Crippen LogP contribution in [-0.2, 0) is 16.8 Å². The molecule has 0 atom stereocenters. The molecule has 0 saturated carbocycles. The third-order valence-corrected chi connectivity index (χ3v) is 6.01. The Kier molecular flexibility index (Phi) is 5.78. The first-order valence-corrected chi connectivity index (χ1v) is 10.8. The van der Waals surface area contributed by atoms with Gasteiger partial charge in [-0.1, -0.05) is 86.4 Å². The number of hydrogen-bond donors (Lipinski definition) is 1. The highest BCUT2D eigenvalue weighted by atomic mass is 35.5. The summed E-state index contributed by atoms with van der Waals surface area (Å²) in [6.45, 7) is 6.65. The number of amides is 1. The summed E-state index contributed by atoms with van der Waals surface area (Å²) in [5.74, 6) is 0.536. The van der Waals surface area contributed by atoms with Crippen molar-refractivity contribution in [3.63, 3.8) is 0 Å². The number of nitrogens with zero attached hydrogens (tertiary/aromatic N) is 2. The van der Waals surface area contributed by atoms with Crippen LogP contribution in [0.1, 0.15) is 26.3 Å². The van der Waals surface area contributed by atoms with Gasteiger partial charge in [-0.15, -0.1) is 0 Å². The molecule has 0 saturated heterocycles. The molecule has 4 rings (SSSR count). The van der Waals surface area contributed by atoms with Crippen molar-refractivity contribution in [3.8, 4) is 11.4 Å². The summed E-state index contributed by atoms with van der Waals surface area (Å²) >= 11 is 12.3. The normalized spacial score (nSPS) is 11.6. The second-order valence-corrected chi connectivity index (χ2v) is 9.27. The lowest BCUT2D eigenvalue weighted by Gasteiger charge is -2.19. The van der Waals surface area contributed by atoms with Crippen molar-refractivity contribution in [2.45, 2.75) is 32.7 Å². The van der Waals surface area contributed by atoms with Crippen LogP contribution >= 0.6 is 23.2 Å². The molecule has 0 radical (unpaired) electrons. The number of para-hydroxylation sites is 2. The average Bonchev–Trinajstić information content (AvgIpc) is 3.09. The maximum Gasteiger partial charge on any atom is 0.244 e. The Labute approximate surface area is 191 Å². The van der Waals surface area contributed by atoms with Crippen LogP contribution in [-0.4, -0.2) is 15.5 Å². The molecular weight excluding hydrogens is 429 g/mol. The standard InChI is InChI=1S/C25H23Cl2N3O/c1-25(2,3)17-13-11-16(12-14-17)24-29-19-8-4-5-10-21(19)30(24)15-22(31)28-20-9-6-7-18(26)23(20)27/h4-14H,15H2,1-3H3,(H,28,31). The van der Waals surface area contributed by atoms with Gasteiger partial charge in [0.15, 0.2) is 0 Å². The lowest BCUT2D eigenvalue weighted by Crippen LogP contribution is -2.19. The highest BCUT2D eigenvalue weighted by Crippen LogP contribution is 2.31. The van der Waals surface area contributed by atoms with Crippen LogP contribution in [0.5, 0.6) is 0 Å². The van der Waals surface area contributed by atoms with E-state index in [0.717, 1.165) is 22.4 Å². The zero-order chi connectivity index (χ0) is 22.2. The fourth-order valence-electron chi connectivity index (χ4n) is 3.51. The molecule has 0 fully saturated rings. The van der Waals surface area contributed by atoms with Gasteiger partial charge in [0.25, 0.3) is 0 Å². The van der Waals surface area contributed by atoms with Gasteiger partial charge in [-0.2, -0.15) is 0 Å². The fourth-order valence-corrected chi connectivity index (χ4v) is 3.86. The minimum atomic E-state index is -0.208. The Morgan fingerprint density at radius 2 is 1.68 bits per heavy atom. The molecule has 31 heavy (non-hydrogen) atoms. The van der Waals surface area contributed by atoms with Gasteiger partial charge in [0.2, 0.25) is 5.91 Å². The number of benzene rings is 3. The molecule has 0 aliphatic heterocycles. The smallest absolute Gasteiger partial charge is 0.244 e. The molecule has 158 valence electrons. The molecule has 1 aromatic heterocycles. The lowest BCUT2D eigenvalue weighted by molar-refractivity contribution is -0.116. The summed E-state index contributed by atoms with van der Waals surface area (Å²) in [6.07, 6.45) is 0. The topological polar surface area (TPSA) is 46.9 Å². The Morgan fingerprint density at radius 1 is 0.968 bits per heavy atom. The van der Waals surface area contributed by atoms with Crippen LogP contribution in [0.2, 0.25) is 10.0 Å². The lowest BCUT2D eigenvalue weighted by atomic mass is 9.87. The molecule has 1 amide bonds. The van der Waals surface area contributed by atoms with Gasteiger partial charge >= 0.3 is 0 Å². The number of nitrogens with one attached hydrogen (secondary N) is 1. The van der Waals surface area contributed by atoms with E-state index in [4.69, 9.17) is 28.2 Å². The molecule has 0 spiro atoms. The van der Waals surface area contributed by atoms with Crippen molar-refractivity contribution in [2.24, 2.45) is 0 Å². The molecular formula is C25H23Cl2N3O. The highest BCUT2D eigenvalue weighted by Gasteiger charge is 2.18. The van der Waals surface area contributed by atoms with Crippen molar-refractivity contribution in [1.29, 1.82) is 0 Å². The number of halogens is 2. The van der Waals surface area contributed by atoms with Crippen LogP contribution in [0.15, 0.2) is 66.7 Å². The van der Waals surface area contributed by atoms with E-state index in [1.165, 1.54) is 5.56 Å². The first-order chi connectivity index (χ1) is 14.7. The minimum Gasteiger partial charge on any atom is -0.323 e. The van der Waals surface area contributed by atoms with E-state index in [1.807, 2.05) is 28.8 Å². The Bertz CT molecular complexity index is 1250. The van der Waals surface area contributed by atoms with Gasteiger partial charge in [-0.25, -0.2) is 4.98 Å². The Balaban J connectivity index is 1.70. The summed E-state index contributed by atoms with van der Waals surface area (Å²) < 4.78 is 1.93. The van der Waals surface area contributed by atoms with Crippen molar-refractivity contribution >= 4 is 45.8 Å². The summed E-state index contributed by atoms with van der Waals surface area (Å²) in [4.78, 5) is 17.7. The molecule has 0 aliphatic rings. The zero-order valence-corrected chi connectivity index (χ0v) is 19.1. The number of anilines is 1. The van der Waals surface area contributed by atoms with Crippen molar-refractivity contribution in [2.75, 3.05) is 5.32 Å². The van der Waals surface area contributed by atoms with Gasteiger partial charge in [0.1, 0.15) is 12.4 Å². The minimum absolute atomic E-state index is 0.0643. The maximum absolute atomic E-state index is 12.9. The molecule has 4 aromatic rings. The van der Waals surface area contributed by atoms with E-state index in [2.05, 4.69) is 50.4 Å². The van der Waals surface area contributed by atoms with Gasteiger partial charge in [-0.05, 0) is 35.2 Å². The molecule has 0 unspecified atom stereocenters. The van der Waals surface area contributed by atoms with E-state index in [0.29, 0.717) is 15.7 Å². The molecule has 4 nitrogen and oxygen atoms in total. The molecule has 0 aliphatic carbocycles.